The van der Waals surface area contributed by atoms with Crippen molar-refractivity contribution in [3.8, 4) is 6.07 Å². The summed E-state index contributed by atoms with van der Waals surface area (Å²) in [5, 5.41) is 14.6. The molecule has 1 aromatic rings. The van der Waals surface area contributed by atoms with E-state index in [0.717, 1.165) is 19.4 Å². The number of nitrogens with zero attached hydrogens (tertiary/aromatic N) is 1. The molecule has 1 saturated heterocycles. The Hall–Kier alpha value is -1.93. The van der Waals surface area contributed by atoms with E-state index in [-0.39, 0.29) is 23.1 Å². The van der Waals surface area contributed by atoms with E-state index >= 15 is 0 Å². The predicted molar refractivity (Wildman–Crippen MR) is 65.3 cm³/mol. The van der Waals surface area contributed by atoms with Crippen LogP contribution in [-0.4, -0.2) is 19.0 Å². The molecule has 1 aromatic carbocycles. The van der Waals surface area contributed by atoms with Gasteiger partial charge in [-0.2, -0.15) is 5.26 Å². The highest BCUT2D eigenvalue weighted by Crippen LogP contribution is 2.20. The molecule has 0 bridgehead atoms. The number of halogens is 1. The van der Waals surface area contributed by atoms with Gasteiger partial charge in [-0.05, 0) is 31.5 Å². The van der Waals surface area contributed by atoms with Crippen molar-refractivity contribution in [2.24, 2.45) is 5.92 Å². The Balaban J connectivity index is 2.12. The summed E-state index contributed by atoms with van der Waals surface area (Å²) in [5.41, 5.74) is 0.127. The molecule has 1 atom stereocenters. The quantitative estimate of drug-likeness (QED) is 0.835. The number of carbonyl (C=O) groups is 1. The molecular weight excluding hydrogens is 233 g/mol. The minimum Gasteiger partial charge on any atom is -0.325 e. The van der Waals surface area contributed by atoms with Gasteiger partial charge in [0, 0.05) is 6.54 Å². The van der Waals surface area contributed by atoms with Crippen molar-refractivity contribution in [2.75, 3.05) is 18.4 Å². The monoisotopic (exact) mass is 247 g/mol. The van der Waals surface area contributed by atoms with Crippen molar-refractivity contribution in [3.63, 3.8) is 0 Å². The van der Waals surface area contributed by atoms with E-state index in [9.17, 15) is 9.18 Å². The summed E-state index contributed by atoms with van der Waals surface area (Å²) < 4.78 is 13.4. The van der Waals surface area contributed by atoms with Gasteiger partial charge in [-0.25, -0.2) is 4.39 Å². The zero-order valence-corrected chi connectivity index (χ0v) is 9.87. The predicted octanol–water partition coefficient (Wildman–Crippen LogP) is 1.64. The van der Waals surface area contributed by atoms with Crippen molar-refractivity contribution in [1.29, 1.82) is 5.26 Å². The van der Waals surface area contributed by atoms with Crippen LogP contribution in [0.3, 0.4) is 0 Å². The molecule has 1 heterocycles. The summed E-state index contributed by atoms with van der Waals surface area (Å²) >= 11 is 0. The zero-order chi connectivity index (χ0) is 13.0. The summed E-state index contributed by atoms with van der Waals surface area (Å²) in [4.78, 5) is 12.0. The van der Waals surface area contributed by atoms with E-state index in [1.807, 2.05) is 0 Å². The van der Waals surface area contributed by atoms with Gasteiger partial charge in [0.2, 0.25) is 5.91 Å². The first-order chi connectivity index (χ1) is 8.72. The Morgan fingerprint density at radius 1 is 1.56 bits per heavy atom. The lowest BCUT2D eigenvalue weighted by molar-refractivity contribution is -0.120. The maximum Gasteiger partial charge on any atom is 0.228 e. The molecule has 4 nitrogen and oxygen atoms in total. The number of carbonyl (C=O) groups excluding carboxylic acids is 1. The summed E-state index contributed by atoms with van der Waals surface area (Å²) in [6.07, 6.45) is 1.77. The van der Waals surface area contributed by atoms with Gasteiger partial charge in [0.15, 0.2) is 0 Å². The van der Waals surface area contributed by atoms with Crippen molar-refractivity contribution in [1.82, 2.24) is 5.32 Å². The lowest BCUT2D eigenvalue weighted by atomic mass is 9.98. The molecule has 0 radical (unpaired) electrons. The van der Waals surface area contributed by atoms with Crippen LogP contribution in [-0.2, 0) is 4.79 Å². The second-order valence-electron chi connectivity index (χ2n) is 4.31. The minimum atomic E-state index is -0.614. The largest absolute Gasteiger partial charge is 0.325 e. The first-order valence-corrected chi connectivity index (χ1v) is 5.92. The molecule has 18 heavy (non-hydrogen) atoms. The normalized spacial score (nSPS) is 19.0. The molecule has 2 rings (SSSR count). The van der Waals surface area contributed by atoms with Crippen LogP contribution in [0.2, 0.25) is 0 Å². The lowest BCUT2D eigenvalue weighted by Crippen LogP contribution is -2.37. The number of anilines is 1. The third-order valence-corrected chi connectivity index (χ3v) is 3.05. The average molecular weight is 247 g/mol. The summed E-state index contributed by atoms with van der Waals surface area (Å²) in [6.45, 7) is 1.55. The van der Waals surface area contributed by atoms with Crippen LogP contribution >= 0.6 is 0 Å². The molecule has 0 aromatic heterocycles. The lowest BCUT2D eigenvalue weighted by Gasteiger charge is -2.22. The standard InChI is InChI=1S/C13H14FN3O/c14-11-4-1-5-12(10(11)7-15)17-13(18)9-3-2-6-16-8-9/h1,4-5,9,16H,2-3,6,8H2,(H,17,18). The van der Waals surface area contributed by atoms with Crippen molar-refractivity contribution in [3.05, 3.63) is 29.6 Å². The third-order valence-electron chi connectivity index (χ3n) is 3.05. The Morgan fingerprint density at radius 3 is 3.06 bits per heavy atom. The second kappa shape index (κ2) is 5.61. The molecule has 1 amide bonds. The zero-order valence-electron chi connectivity index (χ0n) is 9.87. The Labute approximate surface area is 105 Å². The minimum absolute atomic E-state index is 0.116. The van der Waals surface area contributed by atoms with Crippen LogP contribution in [0.25, 0.3) is 0 Å². The van der Waals surface area contributed by atoms with Crippen LogP contribution in [0, 0.1) is 23.1 Å². The van der Waals surface area contributed by atoms with E-state index in [4.69, 9.17) is 5.26 Å². The van der Waals surface area contributed by atoms with Gasteiger partial charge in [0.25, 0.3) is 0 Å². The third kappa shape index (κ3) is 2.66. The fourth-order valence-electron chi connectivity index (χ4n) is 2.05. The molecule has 5 heteroatoms. The average Bonchev–Trinajstić information content (AvgIpc) is 2.40. The van der Waals surface area contributed by atoms with Gasteiger partial charge in [0.05, 0.1) is 11.6 Å². The molecule has 2 N–H and O–H groups in total. The van der Waals surface area contributed by atoms with Gasteiger partial charge in [-0.15, -0.1) is 0 Å². The first-order valence-electron chi connectivity index (χ1n) is 5.92. The Bertz CT molecular complexity index is 489. The molecule has 0 saturated carbocycles. The van der Waals surface area contributed by atoms with Crippen LogP contribution < -0.4 is 10.6 Å². The van der Waals surface area contributed by atoms with Crippen LogP contribution in [0.5, 0.6) is 0 Å². The Kier molecular flexibility index (Phi) is 3.90. The van der Waals surface area contributed by atoms with E-state index in [1.165, 1.54) is 18.2 Å². The molecule has 94 valence electrons. The highest BCUT2D eigenvalue weighted by molar-refractivity contribution is 5.94. The maximum atomic E-state index is 13.4. The molecule has 1 unspecified atom stereocenters. The Morgan fingerprint density at radius 2 is 2.39 bits per heavy atom. The van der Waals surface area contributed by atoms with Gasteiger partial charge in [-0.3, -0.25) is 4.79 Å². The second-order valence-corrected chi connectivity index (χ2v) is 4.31. The van der Waals surface area contributed by atoms with Gasteiger partial charge < -0.3 is 10.6 Å². The molecular formula is C13H14FN3O. The van der Waals surface area contributed by atoms with Crippen LogP contribution in [0.4, 0.5) is 10.1 Å². The number of nitriles is 1. The highest BCUT2D eigenvalue weighted by Gasteiger charge is 2.22. The highest BCUT2D eigenvalue weighted by atomic mass is 19.1. The fourth-order valence-corrected chi connectivity index (χ4v) is 2.05. The topological polar surface area (TPSA) is 64.9 Å². The van der Waals surface area contributed by atoms with E-state index in [1.54, 1.807) is 6.07 Å². The van der Waals surface area contributed by atoms with E-state index < -0.39 is 5.82 Å². The summed E-state index contributed by atoms with van der Waals surface area (Å²) in [6, 6.07) is 5.99. The van der Waals surface area contributed by atoms with Crippen LogP contribution in [0.15, 0.2) is 18.2 Å². The number of hydrogen-bond donors (Lipinski definition) is 2. The summed E-state index contributed by atoms with van der Waals surface area (Å²) in [7, 11) is 0. The number of piperidine rings is 1. The van der Waals surface area contributed by atoms with Gasteiger partial charge in [0.1, 0.15) is 17.4 Å². The number of amides is 1. The fraction of sp³-hybridized carbons (Fsp3) is 0.385. The van der Waals surface area contributed by atoms with Crippen molar-refractivity contribution in [2.45, 2.75) is 12.8 Å². The molecule has 0 spiro atoms. The first kappa shape index (κ1) is 12.5. The smallest absolute Gasteiger partial charge is 0.228 e. The SMILES string of the molecule is N#Cc1c(F)cccc1NC(=O)C1CCCNC1. The molecule has 1 aliphatic rings. The summed E-state index contributed by atoms with van der Waals surface area (Å²) in [5.74, 6) is -0.894. The van der Waals surface area contributed by atoms with Crippen LogP contribution in [0.1, 0.15) is 18.4 Å². The van der Waals surface area contributed by atoms with Gasteiger partial charge in [-0.1, -0.05) is 6.07 Å². The maximum absolute atomic E-state index is 13.4. The van der Waals surface area contributed by atoms with Crippen molar-refractivity contribution >= 4 is 11.6 Å². The molecule has 1 aliphatic heterocycles. The van der Waals surface area contributed by atoms with Crippen molar-refractivity contribution < 1.29 is 9.18 Å². The number of rotatable bonds is 2. The molecule has 0 aliphatic carbocycles. The molecule has 1 fully saturated rings. The van der Waals surface area contributed by atoms with E-state index in [0.29, 0.717) is 6.54 Å². The number of hydrogen-bond acceptors (Lipinski definition) is 3. The van der Waals surface area contributed by atoms with Gasteiger partial charge >= 0.3 is 0 Å². The number of benzene rings is 1. The van der Waals surface area contributed by atoms with E-state index in [2.05, 4.69) is 10.6 Å². The number of nitrogens with one attached hydrogen (secondary N) is 2.